The number of ether oxygens (including phenoxy) is 1. The minimum atomic E-state index is -0.442. The summed E-state index contributed by atoms with van der Waals surface area (Å²) < 4.78 is 5.56. The van der Waals surface area contributed by atoms with E-state index in [1.807, 2.05) is 17.5 Å². The summed E-state index contributed by atoms with van der Waals surface area (Å²) in [7, 11) is 1.61. The number of benzene rings is 1. The predicted octanol–water partition coefficient (Wildman–Crippen LogP) is 3.98. The highest BCUT2D eigenvalue weighted by atomic mass is 35.5. The lowest BCUT2D eigenvalue weighted by atomic mass is 10.3. The minimum absolute atomic E-state index is 0.282. The molecule has 2 aromatic rings. The number of hydrogen-bond donors (Lipinski definition) is 0. The number of nitrogens with zero attached hydrogens (tertiary/aromatic N) is 2. The van der Waals surface area contributed by atoms with E-state index in [9.17, 15) is 14.4 Å². The summed E-state index contributed by atoms with van der Waals surface area (Å²) in [6, 6.07) is 10.6. The quantitative estimate of drug-likeness (QED) is 0.614. The number of imide groups is 1. The molecule has 0 bridgehead atoms. The van der Waals surface area contributed by atoms with E-state index < -0.39 is 11.1 Å². The zero-order valence-electron chi connectivity index (χ0n) is 15.0. The van der Waals surface area contributed by atoms with Crippen molar-refractivity contribution < 1.29 is 19.1 Å². The van der Waals surface area contributed by atoms with Gasteiger partial charge in [-0.1, -0.05) is 17.7 Å². The lowest BCUT2D eigenvalue weighted by Gasteiger charge is -2.20. The van der Waals surface area contributed by atoms with Crippen LogP contribution in [0.15, 0.2) is 46.7 Å². The lowest BCUT2D eigenvalue weighted by molar-refractivity contribution is -0.135. The summed E-state index contributed by atoms with van der Waals surface area (Å²) in [5.41, 5.74) is 0. The van der Waals surface area contributed by atoms with E-state index in [0.717, 1.165) is 21.5 Å². The third-order valence-electron chi connectivity index (χ3n) is 3.92. The van der Waals surface area contributed by atoms with Gasteiger partial charge in [-0.15, -0.1) is 11.3 Å². The highest BCUT2D eigenvalue weighted by Crippen LogP contribution is 2.32. The molecule has 0 spiro atoms. The van der Waals surface area contributed by atoms with Gasteiger partial charge in [0, 0.05) is 16.9 Å². The standard InChI is InChI=1S/C19H17ClN2O4S2/c1-21(8-9-26-14-6-4-13(20)5-7-14)17(23)12-22-18(24)16(28-19(22)25)11-15-3-2-10-27-15/h2-7,10-11H,8-9,12H2,1H3/b16-11-. The van der Waals surface area contributed by atoms with Crippen molar-refractivity contribution in [2.75, 3.05) is 26.7 Å². The van der Waals surface area contributed by atoms with E-state index in [0.29, 0.717) is 22.2 Å². The molecule has 9 heteroatoms. The zero-order chi connectivity index (χ0) is 20.1. The molecule has 1 aromatic heterocycles. The maximum absolute atomic E-state index is 12.4. The summed E-state index contributed by atoms with van der Waals surface area (Å²) in [5.74, 6) is -0.128. The van der Waals surface area contributed by atoms with Crippen LogP contribution in [0.1, 0.15) is 4.88 Å². The topological polar surface area (TPSA) is 66.9 Å². The first-order chi connectivity index (χ1) is 13.4. The Kier molecular flexibility index (Phi) is 6.77. The number of carbonyl (C=O) groups excluding carboxylic acids is 3. The van der Waals surface area contributed by atoms with E-state index in [-0.39, 0.29) is 19.1 Å². The van der Waals surface area contributed by atoms with E-state index in [1.54, 1.807) is 37.4 Å². The number of hydrogen-bond acceptors (Lipinski definition) is 6. The maximum atomic E-state index is 12.4. The number of carbonyl (C=O) groups is 3. The lowest BCUT2D eigenvalue weighted by Crippen LogP contribution is -2.41. The second-order valence-electron chi connectivity index (χ2n) is 5.90. The average molecular weight is 437 g/mol. The number of halogens is 1. The molecule has 1 fully saturated rings. The van der Waals surface area contributed by atoms with Gasteiger partial charge >= 0.3 is 0 Å². The van der Waals surface area contributed by atoms with Gasteiger partial charge < -0.3 is 9.64 Å². The van der Waals surface area contributed by atoms with Crippen LogP contribution in [-0.4, -0.2) is 53.6 Å². The number of thiophene rings is 1. The number of thioether (sulfide) groups is 1. The Morgan fingerprint density at radius 3 is 2.68 bits per heavy atom. The largest absolute Gasteiger partial charge is 0.492 e. The molecule has 0 N–H and O–H groups in total. The molecule has 0 radical (unpaired) electrons. The van der Waals surface area contributed by atoms with Crippen molar-refractivity contribution in [1.29, 1.82) is 0 Å². The number of likely N-dealkylation sites (N-methyl/N-ethyl adjacent to an activating group) is 1. The monoisotopic (exact) mass is 436 g/mol. The zero-order valence-corrected chi connectivity index (χ0v) is 17.4. The van der Waals surface area contributed by atoms with Gasteiger partial charge in [0.2, 0.25) is 5.91 Å². The van der Waals surface area contributed by atoms with Crippen LogP contribution in [-0.2, 0) is 9.59 Å². The molecular formula is C19H17ClN2O4S2. The van der Waals surface area contributed by atoms with Gasteiger partial charge in [-0.05, 0) is 53.5 Å². The molecule has 1 aliphatic heterocycles. The van der Waals surface area contributed by atoms with E-state index in [1.165, 1.54) is 16.2 Å². The summed E-state index contributed by atoms with van der Waals surface area (Å²) in [4.78, 5) is 40.6. The van der Waals surface area contributed by atoms with Crippen LogP contribution in [0.5, 0.6) is 5.75 Å². The van der Waals surface area contributed by atoms with Gasteiger partial charge in [0.15, 0.2) is 0 Å². The second kappa shape index (κ2) is 9.27. The van der Waals surface area contributed by atoms with Gasteiger partial charge in [-0.25, -0.2) is 0 Å². The smallest absolute Gasteiger partial charge is 0.294 e. The molecule has 1 aromatic carbocycles. The van der Waals surface area contributed by atoms with E-state index in [4.69, 9.17) is 16.3 Å². The molecule has 0 unspecified atom stereocenters. The van der Waals surface area contributed by atoms with Crippen molar-refractivity contribution in [3.05, 3.63) is 56.6 Å². The van der Waals surface area contributed by atoms with Gasteiger partial charge in [-0.3, -0.25) is 19.3 Å². The van der Waals surface area contributed by atoms with Crippen molar-refractivity contribution in [3.8, 4) is 5.75 Å². The van der Waals surface area contributed by atoms with Crippen LogP contribution in [0.3, 0.4) is 0 Å². The van der Waals surface area contributed by atoms with Crippen molar-refractivity contribution in [2.45, 2.75) is 0 Å². The van der Waals surface area contributed by atoms with E-state index >= 15 is 0 Å². The maximum Gasteiger partial charge on any atom is 0.294 e. The van der Waals surface area contributed by atoms with Gasteiger partial charge in [0.25, 0.3) is 11.1 Å². The molecule has 146 valence electrons. The molecule has 0 aliphatic carbocycles. The summed E-state index contributed by atoms with van der Waals surface area (Å²) >= 11 is 8.14. The third-order valence-corrected chi connectivity index (χ3v) is 5.90. The fraction of sp³-hybridized carbons (Fsp3) is 0.211. The fourth-order valence-electron chi connectivity index (χ4n) is 2.35. The predicted molar refractivity (Wildman–Crippen MR) is 112 cm³/mol. The highest BCUT2D eigenvalue weighted by Gasteiger charge is 2.36. The second-order valence-corrected chi connectivity index (χ2v) is 8.31. The number of rotatable bonds is 7. The van der Waals surface area contributed by atoms with Crippen molar-refractivity contribution in [3.63, 3.8) is 0 Å². The first kappa shape index (κ1) is 20.4. The summed E-state index contributed by atoms with van der Waals surface area (Å²) in [5, 5.41) is 2.07. The Morgan fingerprint density at radius 2 is 2.00 bits per heavy atom. The molecule has 3 rings (SSSR count). The Hall–Kier alpha value is -2.29. The third kappa shape index (κ3) is 5.15. The van der Waals surface area contributed by atoms with Gasteiger partial charge in [0.05, 0.1) is 11.4 Å². The van der Waals surface area contributed by atoms with Crippen LogP contribution in [0, 0.1) is 0 Å². The molecule has 1 saturated heterocycles. The van der Waals surface area contributed by atoms with Crippen LogP contribution in [0.25, 0.3) is 6.08 Å². The van der Waals surface area contributed by atoms with Crippen LogP contribution < -0.4 is 4.74 Å². The summed E-state index contributed by atoms with van der Waals surface area (Å²) in [6.07, 6.45) is 1.67. The highest BCUT2D eigenvalue weighted by molar-refractivity contribution is 8.18. The molecule has 28 heavy (non-hydrogen) atoms. The molecule has 1 aliphatic rings. The SMILES string of the molecule is CN(CCOc1ccc(Cl)cc1)C(=O)CN1C(=O)S/C(=C\c2cccs2)C1=O. The Balaban J connectivity index is 1.51. The van der Waals surface area contributed by atoms with Crippen molar-refractivity contribution in [1.82, 2.24) is 9.80 Å². The normalized spacial score (nSPS) is 15.4. The van der Waals surface area contributed by atoms with Crippen molar-refractivity contribution >= 4 is 57.8 Å². The van der Waals surface area contributed by atoms with E-state index in [2.05, 4.69) is 0 Å². The fourth-order valence-corrected chi connectivity index (χ4v) is 4.04. The van der Waals surface area contributed by atoms with Gasteiger partial charge in [-0.2, -0.15) is 0 Å². The minimum Gasteiger partial charge on any atom is -0.492 e. The molecule has 3 amide bonds. The van der Waals surface area contributed by atoms with Crippen LogP contribution >= 0.6 is 34.7 Å². The molecule has 0 saturated carbocycles. The average Bonchev–Trinajstić information content (AvgIpc) is 3.27. The molecule has 0 atom stereocenters. The Morgan fingerprint density at radius 1 is 1.25 bits per heavy atom. The van der Waals surface area contributed by atoms with Crippen LogP contribution in [0.4, 0.5) is 4.79 Å². The summed E-state index contributed by atoms with van der Waals surface area (Å²) in [6.45, 7) is 0.316. The number of amides is 3. The first-order valence-corrected chi connectivity index (χ1v) is 10.4. The first-order valence-electron chi connectivity index (χ1n) is 8.35. The Labute approximate surface area is 175 Å². The Bertz CT molecular complexity index is 897. The molecule has 2 heterocycles. The van der Waals surface area contributed by atoms with Gasteiger partial charge in [0.1, 0.15) is 18.9 Å². The van der Waals surface area contributed by atoms with Crippen LogP contribution in [0.2, 0.25) is 5.02 Å². The van der Waals surface area contributed by atoms with Crippen molar-refractivity contribution in [2.24, 2.45) is 0 Å². The molecule has 6 nitrogen and oxygen atoms in total. The molecular weight excluding hydrogens is 420 g/mol.